The SMILES string of the molecule is COc1cc(CNCCCN2CCCC2=O)c(Br)cc1OCc1ccc([N+](=O)[O-])cc1. The molecule has 0 radical (unpaired) electrons. The van der Waals surface area contributed by atoms with Gasteiger partial charge in [-0.3, -0.25) is 14.9 Å². The summed E-state index contributed by atoms with van der Waals surface area (Å²) in [5.74, 6) is 1.46. The van der Waals surface area contributed by atoms with E-state index in [4.69, 9.17) is 9.47 Å². The Morgan fingerprint density at radius 3 is 2.65 bits per heavy atom. The summed E-state index contributed by atoms with van der Waals surface area (Å²) in [5.41, 5.74) is 1.91. The quantitative estimate of drug-likeness (QED) is 0.289. The number of non-ortho nitro benzene ring substituents is 1. The Bertz CT molecular complexity index is 920. The average molecular weight is 492 g/mol. The van der Waals surface area contributed by atoms with E-state index in [0.717, 1.165) is 48.1 Å². The Morgan fingerprint density at radius 2 is 2.00 bits per heavy atom. The van der Waals surface area contributed by atoms with Crippen molar-refractivity contribution in [3.05, 3.63) is 62.1 Å². The molecule has 2 aromatic carbocycles. The van der Waals surface area contributed by atoms with Gasteiger partial charge in [0.05, 0.1) is 12.0 Å². The van der Waals surface area contributed by atoms with Gasteiger partial charge >= 0.3 is 0 Å². The number of amides is 1. The summed E-state index contributed by atoms with van der Waals surface area (Å²) in [5, 5.41) is 14.2. The topological polar surface area (TPSA) is 93.9 Å². The first-order valence-electron chi connectivity index (χ1n) is 10.2. The fraction of sp³-hybridized carbons (Fsp3) is 0.409. The summed E-state index contributed by atoms with van der Waals surface area (Å²) >= 11 is 3.59. The third-order valence-electron chi connectivity index (χ3n) is 5.14. The van der Waals surface area contributed by atoms with E-state index >= 15 is 0 Å². The van der Waals surface area contributed by atoms with Crippen LogP contribution in [0.25, 0.3) is 0 Å². The highest BCUT2D eigenvalue weighted by atomic mass is 79.9. The predicted octanol–water partition coefficient (Wildman–Crippen LogP) is 4.05. The highest BCUT2D eigenvalue weighted by molar-refractivity contribution is 9.10. The summed E-state index contributed by atoms with van der Waals surface area (Å²) in [4.78, 5) is 23.9. The Labute approximate surface area is 189 Å². The fourth-order valence-corrected chi connectivity index (χ4v) is 3.88. The lowest BCUT2D eigenvalue weighted by molar-refractivity contribution is -0.384. The Balaban J connectivity index is 1.51. The second-order valence-electron chi connectivity index (χ2n) is 7.32. The highest BCUT2D eigenvalue weighted by Crippen LogP contribution is 2.34. The number of carbonyl (C=O) groups excluding carboxylic acids is 1. The number of hydrogen-bond acceptors (Lipinski definition) is 6. The molecule has 0 saturated carbocycles. The number of methoxy groups -OCH3 is 1. The zero-order valence-corrected chi connectivity index (χ0v) is 19.0. The van der Waals surface area contributed by atoms with Gasteiger partial charge in [-0.15, -0.1) is 0 Å². The summed E-state index contributed by atoms with van der Waals surface area (Å²) < 4.78 is 12.3. The van der Waals surface area contributed by atoms with Gasteiger partial charge in [0.25, 0.3) is 5.69 Å². The first kappa shape index (κ1) is 23.0. The Hall–Kier alpha value is -2.65. The standard InChI is InChI=1S/C22H26BrN3O5/c1-30-20-12-17(14-24-9-3-11-25-10-2-4-22(25)27)19(23)13-21(20)31-15-16-5-7-18(8-6-16)26(28)29/h5-8,12-13,24H,2-4,9-11,14-15H2,1H3. The van der Waals surface area contributed by atoms with E-state index in [0.29, 0.717) is 24.5 Å². The molecule has 1 heterocycles. The van der Waals surface area contributed by atoms with Crippen molar-refractivity contribution in [1.82, 2.24) is 10.2 Å². The molecule has 1 amide bonds. The number of carbonyl (C=O) groups is 1. The Morgan fingerprint density at radius 1 is 1.23 bits per heavy atom. The van der Waals surface area contributed by atoms with Crippen LogP contribution < -0.4 is 14.8 Å². The van der Waals surface area contributed by atoms with Gasteiger partial charge < -0.3 is 19.7 Å². The zero-order valence-electron chi connectivity index (χ0n) is 17.4. The smallest absolute Gasteiger partial charge is 0.269 e. The van der Waals surface area contributed by atoms with Crippen molar-refractivity contribution in [3.63, 3.8) is 0 Å². The van der Waals surface area contributed by atoms with Crippen molar-refractivity contribution in [3.8, 4) is 11.5 Å². The number of nitro benzene ring substituents is 1. The summed E-state index contributed by atoms with van der Waals surface area (Å²) in [7, 11) is 1.59. The van der Waals surface area contributed by atoms with Crippen molar-refractivity contribution in [2.45, 2.75) is 32.4 Å². The maximum Gasteiger partial charge on any atom is 0.269 e. The van der Waals surface area contributed by atoms with Crippen molar-refractivity contribution >= 4 is 27.5 Å². The largest absolute Gasteiger partial charge is 0.493 e. The van der Waals surface area contributed by atoms with Crippen LogP contribution in [-0.4, -0.2) is 42.5 Å². The van der Waals surface area contributed by atoms with Gasteiger partial charge in [0.2, 0.25) is 5.91 Å². The molecule has 1 aliphatic heterocycles. The Kier molecular flexibility index (Phi) is 8.25. The molecule has 0 aromatic heterocycles. The minimum absolute atomic E-state index is 0.0490. The number of nitrogens with one attached hydrogen (secondary N) is 1. The summed E-state index contributed by atoms with van der Waals surface area (Å²) in [6.45, 7) is 3.42. The van der Waals surface area contributed by atoms with Gasteiger partial charge in [0, 0.05) is 42.7 Å². The van der Waals surface area contributed by atoms with Crippen molar-refractivity contribution in [2.75, 3.05) is 26.7 Å². The maximum absolute atomic E-state index is 11.6. The number of likely N-dealkylation sites (tertiary alicyclic amines) is 1. The molecule has 1 N–H and O–H groups in total. The number of rotatable bonds is 11. The van der Waals surface area contributed by atoms with E-state index in [1.165, 1.54) is 12.1 Å². The van der Waals surface area contributed by atoms with Crippen LogP contribution in [0, 0.1) is 10.1 Å². The number of halogens is 1. The third-order valence-corrected chi connectivity index (χ3v) is 5.88. The number of nitrogens with zero attached hydrogens (tertiary/aromatic N) is 2. The molecular weight excluding hydrogens is 466 g/mol. The molecule has 1 aliphatic rings. The van der Waals surface area contributed by atoms with Crippen LogP contribution in [0.2, 0.25) is 0 Å². The van der Waals surface area contributed by atoms with E-state index in [-0.39, 0.29) is 18.2 Å². The highest BCUT2D eigenvalue weighted by Gasteiger charge is 2.19. The van der Waals surface area contributed by atoms with Gasteiger partial charge in [-0.1, -0.05) is 15.9 Å². The molecule has 166 valence electrons. The molecule has 8 nitrogen and oxygen atoms in total. The molecule has 0 unspecified atom stereocenters. The van der Waals surface area contributed by atoms with Crippen molar-refractivity contribution in [1.29, 1.82) is 0 Å². The molecule has 0 atom stereocenters. The van der Waals surface area contributed by atoms with Crippen LogP contribution in [0.5, 0.6) is 11.5 Å². The van der Waals surface area contributed by atoms with E-state index in [2.05, 4.69) is 21.2 Å². The fourth-order valence-electron chi connectivity index (χ4n) is 3.42. The third kappa shape index (κ3) is 6.41. The lowest BCUT2D eigenvalue weighted by atomic mass is 10.2. The number of hydrogen-bond donors (Lipinski definition) is 1. The first-order chi connectivity index (χ1) is 15.0. The summed E-state index contributed by atoms with van der Waals surface area (Å²) in [6, 6.07) is 10.1. The molecule has 0 aliphatic carbocycles. The summed E-state index contributed by atoms with van der Waals surface area (Å²) in [6.07, 6.45) is 2.56. The monoisotopic (exact) mass is 491 g/mol. The van der Waals surface area contributed by atoms with E-state index in [1.54, 1.807) is 19.2 Å². The molecular formula is C22H26BrN3O5. The van der Waals surface area contributed by atoms with Crippen molar-refractivity contribution < 1.29 is 19.2 Å². The van der Waals surface area contributed by atoms with Crippen LogP contribution in [0.1, 0.15) is 30.4 Å². The molecule has 0 bridgehead atoms. The lowest BCUT2D eigenvalue weighted by Crippen LogP contribution is -2.28. The number of ether oxygens (including phenoxy) is 2. The van der Waals surface area contributed by atoms with Gasteiger partial charge in [-0.05, 0) is 54.8 Å². The minimum atomic E-state index is -0.427. The number of nitro groups is 1. The average Bonchev–Trinajstić information content (AvgIpc) is 3.18. The van der Waals surface area contributed by atoms with E-state index < -0.39 is 4.92 Å². The molecule has 31 heavy (non-hydrogen) atoms. The van der Waals surface area contributed by atoms with Gasteiger partial charge in [0.1, 0.15) is 6.61 Å². The maximum atomic E-state index is 11.6. The first-order valence-corrected chi connectivity index (χ1v) is 11.0. The molecule has 1 fully saturated rings. The van der Waals surface area contributed by atoms with Crippen LogP contribution in [0.3, 0.4) is 0 Å². The zero-order chi connectivity index (χ0) is 22.2. The van der Waals surface area contributed by atoms with Crippen molar-refractivity contribution in [2.24, 2.45) is 0 Å². The van der Waals surface area contributed by atoms with Crippen LogP contribution >= 0.6 is 15.9 Å². The van der Waals surface area contributed by atoms with Gasteiger partial charge in [0.15, 0.2) is 11.5 Å². The molecule has 3 rings (SSSR count). The van der Waals surface area contributed by atoms with Crippen LogP contribution in [0.4, 0.5) is 5.69 Å². The minimum Gasteiger partial charge on any atom is -0.493 e. The van der Waals surface area contributed by atoms with E-state index in [1.807, 2.05) is 17.0 Å². The molecule has 0 spiro atoms. The van der Waals surface area contributed by atoms with Crippen LogP contribution in [0.15, 0.2) is 40.9 Å². The number of benzene rings is 2. The molecule has 1 saturated heterocycles. The van der Waals surface area contributed by atoms with Crippen LogP contribution in [-0.2, 0) is 17.9 Å². The van der Waals surface area contributed by atoms with Gasteiger partial charge in [-0.25, -0.2) is 0 Å². The lowest BCUT2D eigenvalue weighted by Gasteiger charge is -2.16. The molecule has 9 heteroatoms. The molecule has 2 aromatic rings. The second kappa shape index (κ2) is 11.1. The normalized spacial score (nSPS) is 13.5. The predicted molar refractivity (Wildman–Crippen MR) is 120 cm³/mol. The van der Waals surface area contributed by atoms with E-state index in [9.17, 15) is 14.9 Å². The second-order valence-corrected chi connectivity index (χ2v) is 8.18. The van der Waals surface area contributed by atoms with Gasteiger partial charge in [-0.2, -0.15) is 0 Å².